The molecule has 1 amide bonds. The number of nitriles is 1. The molecule has 0 fully saturated rings. The Bertz CT molecular complexity index is 1220. The molecule has 0 unspecified atom stereocenters. The zero-order valence-electron chi connectivity index (χ0n) is 16.0. The number of hydrogen-bond donors (Lipinski definition) is 1. The fourth-order valence-electron chi connectivity index (χ4n) is 2.78. The Morgan fingerprint density at radius 2 is 1.93 bits per heavy atom. The number of amides is 1. The Hall–Kier alpha value is -4.51. The molecule has 2 aromatic carbocycles. The van der Waals surface area contributed by atoms with E-state index in [1.54, 1.807) is 66.9 Å². The van der Waals surface area contributed by atoms with E-state index in [4.69, 9.17) is 10.00 Å². The van der Waals surface area contributed by atoms with Gasteiger partial charge in [0.1, 0.15) is 11.6 Å². The van der Waals surface area contributed by atoms with Crippen molar-refractivity contribution in [1.82, 2.24) is 19.7 Å². The van der Waals surface area contributed by atoms with Crippen LogP contribution in [0.4, 0.5) is 5.69 Å². The van der Waals surface area contributed by atoms with Crippen LogP contribution in [0.15, 0.2) is 73.1 Å². The third-order valence-electron chi connectivity index (χ3n) is 4.29. The first-order valence-corrected chi connectivity index (χ1v) is 9.06. The van der Waals surface area contributed by atoms with E-state index in [9.17, 15) is 4.79 Å². The normalized spacial score (nSPS) is 10.3. The van der Waals surface area contributed by atoms with Crippen LogP contribution in [0.2, 0.25) is 0 Å². The topological polar surface area (TPSA) is 106 Å². The highest BCUT2D eigenvalue weighted by atomic mass is 16.5. The Morgan fingerprint density at radius 3 is 2.60 bits per heavy atom. The molecule has 0 saturated heterocycles. The lowest BCUT2D eigenvalue weighted by molar-refractivity contribution is 0.102. The first-order valence-electron chi connectivity index (χ1n) is 9.06. The molecule has 0 aliphatic rings. The average Bonchev–Trinajstić information content (AvgIpc) is 3.21. The van der Waals surface area contributed by atoms with Crippen molar-refractivity contribution >= 4 is 11.6 Å². The fraction of sp³-hybridized carbons (Fsp3) is 0.0455. The van der Waals surface area contributed by atoms with E-state index >= 15 is 0 Å². The van der Waals surface area contributed by atoms with Crippen LogP contribution in [0.1, 0.15) is 21.7 Å². The number of benzene rings is 2. The van der Waals surface area contributed by atoms with Crippen molar-refractivity contribution in [2.45, 2.75) is 6.92 Å². The molecule has 4 rings (SSSR count). The molecular formula is C22H16N6O2. The van der Waals surface area contributed by atoms with Crippen LogP contribution in [-0.2, 0) is 0 Å². The van der Waals surface area contributed by atoms with Gasteiger partial charge in [-0.1, -0.05) is 6.07 Å². The summed E-state index contributed by atoms with van der Waals surface area (Å²) in [6, 6.07) is 18.9. The van der Waals surface area contributed by atoms with Crippen molar-refractivity contribution in [2.24, 2.45) is 0 Å². The van der Waals surface area contributed by atoms with Crippen LogP contribution in [0, 0.1) is 18.3 Å². The second kappa shape index (κ2) is 8.24. The molecule has 0 saturated carbocycles. The van der Waals surface area contributed by atoms with Gasteiger partial charge in [0, 0.05) is 29.7 Å². The van der Waals surface area contributed by atoms with Crippen LogP contribution in [0.3, 0.4) is 0 Å². The highest BCUT2D eigenvalue weighted by molar-refractivity contribution is 6.04. The van der Waals surface area contributed by atoms with Gasteiger partial charge in [-0.05, 0) is 55.5 Å². The van der Waals surface area contributed by atoms with Crippen molar-refractivity contribution in [2.75, 3.05) is 5.32 Å². The van der Waals surface area contributed by atoms with E-state index in [1.807, 2.05) is 23.8 Å². The number of rotatable bonds is 5. The lowest BCUT2D eigenvalue weighted by atomic mass is 10.1. The maximum Gasteiger partial charge on any atom is 0.255 e. The summed E-state index contributed by atoms with van der Waals surface area (Å²) in [6.07, 6.45) is 3.51. The zero-order chi connectivity index (χ0) is 20.9. The molecule has 0 radical (unpaired) electrons. The SMILES string of the molecule is Cc1nccn1-c1ccc(Oc2ccc(NC(=O)c3cccc(C#N)c3)cc2)nn1. The second-order valence-corrected chi connectivity index (χ2v) is 6.35. The van der Waals surface area contributed by atoms with Crippen molar-refractivity contribution in [1.29, 1.82) is 5.26 Å². The third-order valence-corrected chi connectivity index (χ3v) is 4.29. The van der Waals surface area contributed by atoms with Crippen molar-refractivity contribution in [3.8, 4) is 23.5 Å². The maximum atomic E-state index is 12.3. The summed E-state index contributed by atoms with van der Waals surface area (Å²) < 4.78 is 7.53. The van der Waals surface area contributed by atoms with Gasteiger partial charge in [-0.25, -0.2) is 4.98 Å². The first-order chi connectivity index (χ1) is 14.6. The van der Waals surface area contributed by atoms with Gasteiger partial charge >= 0.3 is 0 Å². The Balaban J connectivity index is 1.40. The van der Waals surface area contributed by atoms with Crippen LogP contribution in [0.5, 0.6) is 11.6 Å². The van der Waals surface area contributed by atoms with Crippen LogP contribution < -0.4 is 10.1 Å². The van der Waals surface area contributed by atoms with Crippen molar-refractivity contribution < 1.29 is 9.53 Å². The number of nitrogens with zero attached hydrogens (tertiary/aromatic N) is 5. The first kappa shape index (κ1) is 18.8. The van der Waals surface area contributed by atoms with Crippen LogP contribution >= 0.6 is 0 Å². The highest BCUT2D eigenvalue weighted by Gasteiger charge is 2.08. The molecule has 4 aromatic rings. The van der Waals surface area contributed by atoms with Gasteiger partial charge in [-0.3, -0.25) is 9.36 Å². The lowest BCUT2D eigenvalue weighted by Crippen LogP contribution is -2.11. The Labute approximate surface area is 172 Å². The van der Waals surface area contributed by atoms with E-state index in [-0.39, 0.29) is 5.91 Å². The largest absolute Gasteiger partial charge is 0.438 e. The number of aryl methyl sites for hydroxylation is 1. The monoisotopic (exact) mass is 396 g/mol. The standard InChI is InChI=1S/C22H16N6O2/c1-15-24-11-12-28(15)20-9-10-21(27-26-20)30-19-7-5-18(6-8-19)25-22(29)17-4-2-3-16(13-17)14-23/h2-13H,1H3,(H,25,29). The van der Waals surface area contributed by atoms with Crippen molar-refractivity contribution in [3.05, 3.63) is 90.0 Å². The fourth-order valence-corrected chi connectivity index (χ4v) is 2.78. The van der Waals surface area contributed by atoms with Crippen LogP contribution in [0.25, 0.3) is 5.82 Å². The zero-order valence-corrected chi connectivity index (χ0v) is 16.0. The molecule has 0 atom stereocenters. The summed E-state index contributed by atoms with van der Waals surface area (Å²) >= 11 is 0. The lowest BCUT2D eigenvalue weighted by Gasteiger charge is -2.08. The minimum absolute atomic E-state index is 0.294. The molecule has 0 aliphatic heterocycles. The molecule has 1 N–H and O–H groups in total. The molecule has 0 bridgehead atoms. The molecular weight excluding hydrogens is 380 g/mol. The minimum atomic E-state index is -0.294. The maximum absolute atomic E-state index is 12.3. The van der Waals surface area contributed by atoms with Crippen LogP contribution in [-0.4, -0.2) is 25.7 Å². The van der Waals surface area contributed by atoms with Gasteiger partial charge in [-0.15, -0.1) is 10.2 Å². The van der Waals surface area contributed by atoms with E-state index in [1.165, 1.54) is 0 Å². The van der Waals surface area contributed by atoms with Gasteiger partial charge in [0.2, 0.25) is 5.88 Å². The third kappa shape index (κ3) is 4.15. The predicted octanol–water partition coefficient (Wildman–Crippen LogP) is 3.89. The summed E-state index contributed by atoms with van der Waals surface area (Å²) in [6.45, 7) is 1.88. The molecule has 30 heavy (non-hydrogen) atoms. The Morgan fingerprint density at radius 1 is 1.10 bits per heavy atom. The summed E-state index contributed by atoms with van der Waals surface area (Å²) in [4.78, 5) is 16.5. The van der Waals surface area contributed by atoms with Gasteiger partial charge in [-0.2, -0.15) is 5.26 Å². The predicted molar refractivity (Wildman–Crippen MR) is 110 cm³/mol. The highest BCUT2D eigenvalue weighted by Crippen LogP contribution is 2.22. The number of carbonyl (C=O) groups is 1. The number of imidazole rings is 1. The molecule has 8 heteroatoms. The Kier molecular flexibility index (Phi) is 5.17. The number of ether oxygens (including phenoxy) is 1. The molecule has 0 aliphatic carbocycles. The number of anilines is 1. The van der Waals surface area contributed by atoms with E-state index in [0.717, 1.165) is 5.82 Å². The summed E-state index contributed by atoms with van der Waals surface area (Å²) in [7, 11) is 0. The number of nitrogens with one attached hydrogen (secondary N) is 1. The number of hydrogen-bond acceptors (Lipinski definition) is 6. The molecule has 8 nitrogen and oxygen atoms in total. The van der Waals surface area contributed by atoms with E-state index in [2.05, 4.69) is 20.5 Å². The molecule has 146 valence electrons. The minimum Gasteiger partial charge on any atom is -0.438 e. The second-order valence-electron chi connectivity index (χ2n) is 6.35. The van der Waals surface area contributed by atoms with Crippen molar-refractivity contribution in [3.63, 3.8) is 0 Å². The van der Waals surface area contributed by atoms with Gasteiger partial charge < -0.3 is 10.1 Å². The number of aromatic nitrogens is 4. The molecule has 2 aromatic heterocycles. The van der Waals surface area contributed by atoms with E-state index < -0.39 is 0 Å². The molecule has 2 heterocycles. The average molecular weight is 396 g/mol. The summed E-state index contributed by atoms with van der Waals surface area (Å²) in [5, 5.41) is 20.0. The van der Waals surface area contributed by atoms with Gasteiger partial charge in [0.25, 0.3) is 5.91 Å². The van der Waals surface area contributed by atoms with Gasteiger partial charge in [0.15, 0.2) is 5.82 Å². The van der Waals surface area contributed by atoms with E-state index in [0.29, 0.717) is 34.3 Å². The quantitative estimate of drug-likeness (QED) is 0.549. The number of carbonyl (C=O) groups excluding carboxylic acids is 1. The smallest absolute Gasteiger partial charge is 0.255 e. The summed E-state index contributed by atoms with van der Waals surface area (Å²) in [5.41, 5.74) is 1.45. The van der Waals surface area contributed by atoms with Gasteiger partial charge in [0.05, 0.1) is 11.6 Å². The summed E-state index contributed by atoms with van der Waals surface area (Å²) in [5.74, 6) is 2.07. The molecule has 0 spiro atoms.